The molecule has 0 bridgehead atoms. The fourth-order valence-electron chi connectivity index (χ4n) is 2.12. The van der Waals surface area contributed by atoms with Gasteiger partial charge in [-0.25, -0.2) is 9.78 Å². The Kier molecular flexibility index (Phi) is 5.75. The van der Waals surface area contributed by atoms with Crippen molar-refractivity contribution in [2.24, 2.45) is 0 Å². The van der Waals surface area contributed by atoms with Crippen molar-refractivity contribution in [3.8, 4) is 0 Å². The summed E-state index contributed by atoms with van der Waals surface area (Å²) in [4.78, 5) is 15.9. The minimum atomic E-state index is -0.434. The number of anilines is 1. The fourth-order valence-corrected chi connectivity index (χ4v) is 2.29. The molecule has 2 amide bonds. The van der Waals surface area contributed by atoms with Crippen LogP contribution in [0.4, 0.5) is 10.5 Å². The van der Waals surface area contributed by atoms with Gasteiger partial charge in [0, 0.05) is 12.1 Å². The van der Waals surface area contributed by atoms with Crippen LogP contribution in [0.15, 0.2) is 48.7 Å². The second kappa shape index (κ2) is 7.77. The van der Waals surface area contributed by atoms with Crippen LogP contribution in [0.5, 0.6) is 0 Å². The molecule has 1 aromatic carbocycles. The zero-order valence-corrected chi connectivity index (χ0v) is 12.9. The third-order valence-corrected chi connectivity index (χ3v) is 3.75. The molecule has 0 radical (unpaired) electrons. The van der Waals surface area contributed by atoms with E-state index in [-0.39, 0.29) is 17.7 Å². The number of amides is 2. The Labute approximate surface area is 134 Å². The molecular formula is C16H18ClN3O2. The number of aliphatic hydroxyl groups excluding tert-OH is 1. The van der Waals surface area contributed by atoms with Gasteiger partial charge in [-0.05, 0) is 17.7 Å². The molecule has 116 valence electrons. The number of aromatic nitrogens is 1. The highest BCUT2D eigenvalue weighted by molar-refractivity contribution is 6.32. The SMILES string of the molecule is CC(c1ccccc1)C(CO)NC(=O)Nc1cccnc1Cl. The molecule has 2 atom stereocenters. The predicted molar refractivity (Wildman–Crippen MR) is 87.1 cm³/mol. The van der Waals surface area contributed by atoms with E-state index in [1.165, 1.54) is 0 Å². The van der Waals surface area contributed by atoms with Crippen LogP contribution in [0.25, 0.3) is 0 Å². The van der Waals surface area contributed by atoms with Gasteiger partial charge in [-0.15, -0.1) is 0 Å². The second-order valence-corrected chi connectivity index (χ2v) is 5.29. The van der Waals surface area contributed by atoms with Crippen LogP contribution in [-0.2, 0) is 0 Å². The summed E-state index contributed by atoms with van der Waals surface area (Å²) in [7, 11) is 0. The third-order valence-electron chi connectivity index (χ3n) is 3.45. The lowest BCUT2D eigenvalue weighted by molar-refractivity contribution is 0.215. The molecule has 0 fully saturated rings. The van der Waals surface area contributed by atoms with Gasteiger partial charge in [0.2, 0.25) is 0 Å². The van der Waals surface area contributed by atoms with E-state index >= 15 is 0 Å². The van der Waals surface area contributed by atoms with Crippen molar-refractivity contribution < 1.29 is 9.90 Å². The van der Waals surface area contributed by atoms with Gasteiger partial charge in [-0.3, -0.25) is 0 Å². The van der Waals surface area contributed by atoms with Gasteiger partial charge in [0.25, 0.3) is 0 Å². The number of hydrogen-bond acceptors (Lipinski definition) is 3. The van der Waals surface area contributed by atoms with E-state index in [0.717, 1.165) is 5.56 Å². The van der Waals surface area contributed by atoms with Gasteiger partial charge in [0.05, 0.1) is 18.3 Å². The van der Waals surface area contributed by atoms with Crippen LogP contribution in [0.1, 0.15) is 18.4 Å². The monoisotopic (exact) mass is 319 g/mol. The Balaban J connectivity index is 2.01. The summed E-state index contributed by atoms with van der Waals surface area (Å²) in [5.74, 6) is -0.0266. The van der Waals surface area contributed by atoms with E-state index in [0.29, 0.717) is 5.69 Å². The highest BCUT2D eigenvalue weighted by atomic mass is 35.5. The van der Waals surface area contributed by atoms with Crippen molar-refractivity contribution >= 4 is 23.3 Å². The Morgan fingerprint density at radius 1 is 1.27 bits per heavy atom. The Morgan fingerprint density at radius 2 is 2.00 bits per heavy atom. The van der Waals surface area contributed by atoms with E-state index in [1.807, 2.05) is 37.3 Å². The Morgan fingerprint density at radius 3 is 2.64 bits per heavy atom. The molecule has 0 aliphatic carbocycles. The number of hydrogen-bond donors (Lipinski definition) is 3. The van der Waals surface area contributed by atoms with E-state index in [9.17, 15) is 9.90 Å². The Hall–Kier alpha value is -2.11. The first kappa shape index (κ1) is 16.3. The summed E-state index contributed by atoms with van der Waals surface area (Å²) in [6.07, 6.45) is 1.54. The standard InChI is InChI=1S/C16H18ClN3O2/c1-11(12-6-3-2-4-7-12)14(10-21)20-16(22)19-13-8-5-9-18-15(13)17/h2-9,11,14,21H,10H2,1H3,(H2,19,20,22). The number of carbonyl (C=O) groups is 1. The number of urea groups is 1. The average molecular weight is 320 g/mol. The van der Waals surface area contributed by atoms with Gasteiger partial charge in [-0.1, -0.05) is 48.9 Å². The van der Waals surface area contributed by atoms with E-state index in [2.05, 4.69) is 15.6 Å². The molecule has 0 aliphatic rings. The maximum Gasteiger partial charge on any atom is 0.319 e. The number of carbonyl (C=O) groups excluding carboxylic acids is 1. The number of halogens is 1. The van der Waals surface area contributed by atoms with Crippen molar-refractivity contribution in [3.05, 3.63) is 59.4 Å². The predicted octanol–water partition coefficient (Wildman–Crippen LogP) is 3.02. The van der Waals surface area contributed by atoms with Crippen LogP contribution in [0.3, 0.4) is 0 Å². The smallest absolute Gasteiger partial charge is 0.319 e. The number of pyridine rings is 1. The molecular weight excluding hydrogens is 302 g/mol. The molecule has 0 aliphatic heterocycles. The van der Waals surface area contributed by atoms with Crippen LogP contribution < -0.4 is 10.6 Å². The highest BCUT2D eigenvalue weighted by Gasteiger charge is 2.20. The lowest BCUT2D eigenvalue weighted by Crippen LogP contribution is -2.43. The summed E-state index contributed by atoms with van der Waals surface area (Å²) in [6.45, 7) is 1.79. The lowest BCUT2D eigenvalue weighted by Gasteiger charge is -2.24. The number of aliphatic hydroxyl groups is 1. The second-order valence-electron chi connectivity index (χ2n) is 4.93. The number of nitrogens with one attached hydrogen (secondary N) is 2. The molecule has 1 heterocycles. The molecule has 2 rings (SSSR count). The first-order valence-corrected chi connectivity index (χ1v) is 7.33. The van der Waals surface area contributed by atoms with Crippen molar-refractivity contribution in [1.29, 1.82) is 0 Å². The molecule has 2 unspecified atom stereocenters. The minimum absolute atomic E-state index is 0.0266. The molecule has 5 nitrogen and oxygen atoms in total. The van der Waals surface area contributed by atoms with Gasteiger partial charge in [0.1, 0.15) is 0 Å². The van der Waals surface area contributed by atoms with Crippen LogP contribution in [0, 0.1) is 0 Å². The molecule has 3 N–H and O–H groups in total. The molecule has 6 heteroatoms. The summed E-state index contributed by atoms with van der Waals surface area (Å²) in [6, 6.07) is 12.2. The summed E-state index contributed by atoms with van der Waals surface area (Å²) in [5, 5.41) is 15.1. The maximum absolute atomic E-state index is 12.0. The molecule has 1 aromatic heterocycles. The van der Waals surface area contributed by atoms with Crippen molar-refractivity contribution in [2.45, 2.75) is 18.9 Å². The van der Waals surface area contributed by atoms with Gasteiger partial charge in [0.15, 0.2) is 5.15 Å². The molecule has 22 heavy (non-hydrogen) atoms. The van der Waals surface area contributed by atoms with Crippen molar-refractivity contribution in [2.75, 3.05) is 11.9 Å². The zero-order valence-electron chi connectivity index (χ0n) is 12.2. The van der Waals surface area contributed by atoms with E-state index in [1.54, 1.807) is 18.3 Å². The van der Waals surface area contributed by atoms with Crippen LogP contribution >= 0.6 is 11.6 Å². The molecule has 0 spiro atoms. The van der Waals surface area contributed by atoms with E-state index < -0.39 is 12.1 Å². The quantitative estimate of drug-likeness (QED) is 0.742. The molecule has 0 saturated heterocycles. The number of rotatable bonds is 5. The van der Waals surface area contributed by atoms with Gasteiger partial charge < -0.3 is 15.7 Å². The number of nitrogens with zero attached hydrogens (tertiary/aromatic N) is 1. The normalized spacial score (nSPS) is 13.2. The number of benzene rings is 1. The maximum atomic E-state index is 12.0. The molecule has 2 aromatic rings. The Bertz CT molecular complexity index is 622. The van der Waals surface area contributed by atoms with Crippen molar-refractivity contribution in [3.63, 3.8) is 0 Å². The highest BCUT2D eigenvalue weighted by Crippen LogP contribution is 2.20. The third kappa shape index (κ3) is 4.19. The lowest BCUT2D eigenvalue weighted by atomic mass is 9.94. The van der Waals surface area contributed by atoms with Gasteiger partial charge in [-0.2, -0.15) is 0 Å². The topological polar surface area (TPSA) is 74.2 Å². The van der Waals surface area contributed by atoms with Crippen LogP contribution in [0.2, 0.25) is 5.15 Å². The van der Waals surface area contributed by atoms with Gasteiger partial charge >= 0.3 is 6.03 Å². The molecule has 0 saturated carbocycles. The first-order chi connectivity index (χ1) is 10.6. The zero-order chi connectivity index (χ0) is 15.9. The fraction of sp³-hybridized carbons (Fsp3) is 0.250. The summed E-state index contributed by atoms with van der Waals surface area (Å²) < 4.78 is 0. The summed E-state index contributed by atoms with van der Waals surface area (Å²) in [5.41, 5.74) is 1.46. The largest absolute Gasteiger partial charge is 0.394 e. The summed E-state index contributed by atoms with van der Waals surface area (Å²) >= 11 is 5.89. The average Bonchev–Trinajstić information content (AvgIpc) is 2.55. The first-order valence-electron chi connectivity index (χ1n) is 6.95. The van der Waals surface area contributed by atoms with E-state index in [4.69, 9.17) is 11.6 Å². The van der Waals surface area contributed by atoms with Crippen molar-refractivity contribution in [1.82, 2.24) is 10.3 Å². The van der Waals surface area contributed by atoms with Crippen LogP contribution in [-0.4, -0.2) is 28.8 Å². The minimum Gasteiger partial charge on any atom is -0.394 e.